The van der Waals surface area contributed by atoms with E-state index in [0.717, 1.165) is 12.0 Å². The molecule has 0 radical (unpaired) electrons. The zero-order chi connectivity index (χ0) is 17.4. The summed E-state index contributed by atoms with van der Waals surface area (Å²) in [6.07, 6.45) is 0.947. The fourth-order valence-electron chi connectivity index (χ4n) is 3.52. The largest absolute Gasteiger partial charge is 0.383 e. The molecule has 0 unspecified atom stereocenters. The van der Waals surface area contributed by atoms with Gasteiger partial charge in [-0.25, -0.2) is 8.42 Å². The Bertz CT molecular complexity index is 802. The highest BCUT2D eigenvalue weighted by atomic mass is 32.2. The standard InChI is InChI=1S/C19H23NO3S/c1-3-14-9-11-15(12-10-14)17-18(19(17,20)13-23-2)24(21,22)16-7-5-4-6-8-16/h4-12,17-18H,3,13,20H2,1-2H3/t17-,18+,19+/m1/s1. The Morgan fingerprint density at radius 2 is 1.71 bits per heavy atom. The number of rotatable bonds is 6. The predicted octanol–water partition coefficient (Wildman–Crippen LogP) is 2.53. The average Bonchev–Trinajstić information content (AvgIpc) is 3.22. The van der Waals surface area contributed by atoms with Crippen molar-refractivity contribution in [3.8, 4) is 0 Å². The van der Waals surface area contributed by atoms with Crippen LogP contribution in [-0.4, -0.2) is 32.9 Å². The summed E-state index contributed by atoms with van der Waals surface area (Å²) in [4.78, 5) is 0.314. The second-order valence-electron chi connectivity index (χ2n) is 6.40. The van der Waals surface area contributed by atoms with Crippen molar-refractivity contribution < 1.29 is 13.2 Å². The molecule has 0 saturated heterocycles. The number of hydrogen-bond donors (Lipinski definition) is 1. The van der Waals surface area contributed by atoms with E-state index in [1.165, 1.54) is 5.56 Å². The van der Waals surface area contributed by atoms with Gasteiger partial charge in [-0.15, -0.1) is 0 Å². The summed E-state index contributed by atoms with van der Waals surface area (Å²) in [6.45, 7) is 2.30. The Kier molecular flexibility index (Phi) is 4.51. The number of ether oxygens (including phenoxy) is 1. The Morgan fingerprint density at radius 1 is 1.08 bits per heavy atom. The van der Waals surface area contributed by atoms with Crippen LogP contribution in [0.4, 0.5) is 0 Å². The maximum atomic E-state index is 13.1. The minimum absolute atomic E-state index is 0.212. The van der Waals surface area contributed by atoms with E-state index in [2.05, 4.69) is 6.92 Å². The maximum absolute atomic E-state index is 13.1. The minimum atomic E-state index is -3.51. The van der Waals surface area contributed by atoms with Crippen LogP contribution in [0.2, 0.25) is 0 Å². The zero-order valence-electron chi connectivity index (χ0n) is 14.0. The first-order valence-electron chi connectivity index (χ1n) is 8.10. The van der Waals surface area contributed by atoms with E-state index in [4.69, 9.17) is 10.5 Å². The molecule has 1 aliphatic carbocycles. The molecular weight excluding hydrogens is 322 g/mol. The first kappa shape index (κ1) is 17.1. The van der Waals surface area contributed by atoms with E-state index in [-0.39, 0.29) is 12.5 Å². The number of nitrogens with two attached hydrogens (primary N) is 1. The van der Waals surface area contributed by atoms with Crippen molar-refractivity contribution in [3.63, 3.8) is 0 Å². The Balaban J connectivity index is 1.99. The molecule has 5 heteroatoms. The van der Waals surface area contributed by atoms with Crippen LogP contribution >= 0.6 is 0 Å². The van der Waals surface area contributed by atoms with Crippen molar-refractivity contribution in [1.29, 1.82) is 0 Å². The van der Waals surface area contributed by atoms with Gasteiger partial charge in [-0.05, 0) is 29.7 Å². The van der Waals surface area contributed by atoms with Crippen LogP contribution in [0.5, 0.6) is 0 Å². The lowest BCUT2D eigenvalue weighted by Gasteiger charge is -2.11. The third-order valence-electron chi connectivity index (χ3n) is 4.85. The molecule has 1 aliphatic rings. The summed E-state index contributed by atoms with van der Waals surface area (Å²) in [5.41, 5.74) is 7.75. The van der Waals surface area contributed by atoms with Crippen LogP contribution in [-0.2, 0) is 21.0 Å². The van der Waals surface area contributed by atoms with Crippen LogP contribution < -0.4 is 5.73 Å². The van der Waals surface area contributed by atoms with Gasteiger partial charge in [0.25, 0.3) is 0 Å². The smallest absolute Gasteiger partial charge is 0.183 e. The quantitative estimate of drug-likeness (QED) is 0.873. The molecule has 1 fully saturated rings. The van der Waals surface area contributed by atoms with E-state index < -0.39 is 20.6 Å². The molecule has 24 heavy (non-hydrogen) atoms. The summed E-state index contributed by atoms with van der Waals surface area (Å²) < 4.78 is 31.3. The van der Waals surface area contributed by atoms with Gasteiger partial charge in [-0.3, -0.25) is 0 Å². The SMILES string of the molecule is CCc1ccc([C@@H]2[C@H](S(=O)(=O)c3ccccc3)[C@]2(N)COC)cc1. The molecule has 3 rings (SSSR count). The van der Waals surface area contributed by atoms with Crippen molar-refractivity contribution in [1.82, 2.24) is 0 Å². The maximum Gasteiger partial charge on any atom is 0.183 e. The number of benzene rings is 2. The molecule has 4 nitrogen and oxygen atoms in total. The average molecular weight is 345 g/mol. The molecule has 0 heterocycles. The second-order valence-corrected chi connectivity index (χ2v) is 8.47. The van der Waals surface area contributed by atoms with Crippen molar-refractivity contribution in [2.75, 3.05) is 13.7 Å². The lowest BCUT2D eigenvalue weighted by molar-refractivity contribution is 0.171. The molecule has 0 aromatic heterocycles. The summed E-state index contributed by atoms with van der Waals surface area (Å²) in [7, 11) is -1.96. The van der Waals surface area contributed by atoms with Crippen LogP contribution in [0.3, 0.4) is 0 Å². The summed E-state index contributed by atoms with van der Waals surface area (Å²) >= 11 is 0. The fourth-order valence-corrected chi connectivity index (χ4v) is 5.83. The lowest BCUT2D eigenvalue weighted by Crippen LogP contribution is -2.35. The molecule has 2 N–H and O–H groups in total. The highest BCUT2D eigenvalue weighted by molar-refractivity contribution is 7.92. The summed E-state index contributed by atoms with van der Waals surface area (Å²) in [6, 6.07) is 16.6. The zero-order valence-corrected chi connectivity index (χ0v) is 14.8. The Labute approximate surface area is 143 Å². The van der Waals surface area contributed by atoms with E-state index in [1.54, 1.807) is 37.4 Å². The number of aryl methyl sites for hydroxylation is 1. The third kappa shape index (κ3) is 2.77. The first-order chi connectivity index (χ1) is 11.4. The molecule has 1 saturated carbocycles. The van der Waals surface area contributed by atoms with Crippen LogP contribution in [0, 0.1) is 0 Å². The van der Waals surface area contributed by atoms with Gasteiger partial charge >= 0.3 is 0 Å². The molecule has 3 atom stereocenters. The minimum Gasteiger partial charge on any atom is -0.383 e. The van der Waals surface area contributed by atoms with E-state index in [0.29, 0.717) is 4.90 Å². The van der Waals surface area contributed by atoms with E-state index in [9.17, 15) is 8.42 Å². The molecule has 128 valence electrons. The lowest BCUT2D eigenvalue weighted by atomic mass is 10.0. The van der Waals surface area contributed by atoms with Crippen LogP contribution in [0.25, 0.3) is 0 Å². The van der Waals surface area contributed by atoms with E-state index >= 15 is 0 Å². The number of sulfone groups is 1. The predicted molar refractivity (Wildman–Crippen MR) is 94.8 cm³/mol. The second kappa shape index (κ2) is 6.31. The molecule has 2 aromatic carbocycles. The molecule has 0 spiro atoms. The fraction of sp³-hybridized carbons (Fsp3) is 0.368. The normalized spacial score (nSPS) is 26.3. The van der Waals surface area contributed by atoms with Crippen LogP contribution in [0.1, 0.15) is 24.0 Å². The van der Waals surface area contributed by atoms with Gasteiger partial charge in [0.2, 0.25) is 0 Å². The van der Waals surface area contributed by atoms with Crippen molar-refractivity contribution in [3.05, 3.63) is 65.7 Å². The van der Waals surface area contributed by atoms with Gasteiger partial charge in [0.05, 0.1) is 22.3 Å². The van der Waals surface area contributed by atoms with Gasteiger partial charge in [0.15, 0.2) is 9.84 Å². The van der Waals surface area contributed by atoms with Crippen LogP contribution in [0.15, 0.2) is 59.5 Å². The number of hydrogen-bond acceptors (Lipinski definition) is 4. The summed E-state index contributed by atoms with van der Waals surface area (Å²) in [5, 5.41) is -0.667. The van der Waals surface area contributed by atoms with Gasteiger partial charge < -0.3 is 10.5 Å². The van der Waals surface area contributed by atoms with Gasteiger partial charge in [0, 0.05) is 13.0 Å². The Morgan fingerprint density at radius 3 is 2.25 bits per heavy atom. The van der Waals surface area contributed by atoms with Gasteiger partial charge in [-0.1, -0.05) is 49.4 Å². The molecular formula is C19H23NO3S. The van der Waals surface area contributed by atoms with E-state index in [1.807, 2.05) is 24.3 Å². The third-order valence-corrected chi connectivity index (χ3v) is 7.16. The topological polar surface area (TPSA) is 69.4 Å². The van der Waals surface area contributed by atoms with Gasteiger partial charge in [0.1, 0.15) is 0 Å². The molecule has 0 aliphatic heterocycles. The van der Waals surface area contributed by atoms with Crippen molar-refractivity contribution >= 4 is 9.84 Å². The monoisotopic (exact) mass is 345 g/mol. The van der Waals surface area contributed by atoms with Crippen molar-refractivity contribution in [2.24, 2.45) is 5.73 Å². The molecule has 0 amide bonds. The molecule has 0 bridgehead atoms. The van der Waals surface area contributed by atoms with Crippen molar-refractivity contribution in [2.45, 2.75) is 34.9 Å². The first-order valence-corrected chi connectivity index (χ1v) is 9.65. The molecule has 2 aromatic rings. The number of methoxy groups -OCH3 is 1. The Hall–Kier alpha value is -1.69. The summed E-state index contributed by atoms with van der Waals surface area (Å²) in [5.74, 6) is -0.256. The highest BCUT2D eigenvalue weighted by Crippen LogP contribution is 2.55. The van der Waals surface area contributed by atoms with Gasteiger partial charge in [-0.2, -0.15) is 0 Å². The highest BCUT2D eigenvalue weighted by Gasteiger charge is 2.69.